The number of aliphatic hydroxyl groups excluding tert-OH is 2. The van der Waals surface area contributed by atoms with E-state index in [1.54, 1.807) is 0 Å². The maximum Gasteiger partial charge on any atom is 0.174 e. The van der Waals surface area contributed by atoms with Crippen molar-refractivity contribution < 1.29 is 24.9 Å². The first-order chi connectivity index (χ1) is 11.1. The molecule has 4 fully saturated rings. The van der Waals surface area contributed by atoms with E-state index in [9.17, 15) is 20.1 Å². The Morgan fingerprint density at radius 3 is 2.58 bits per heavy atom. The number of hydrogen-bond acceptors (Lipinski definition) is 5. The van der Waals surface area contributed by atoms with Gasteiger partial charge in [-0.05, 0) is 38.7 Å². The third-order valence-electron chi connectivity index (χ3n) is 8.96. The summed E-state index contributed by atoms with van der Waals surface area (Å²) in [6, 6.07) is 0. The predicted octanol–water partition coefficient (Wildman–Crippen LogP) is 0.954. The van der Waals surface area contributed by atoms with Gasteiger partial charge in [0.15, 0.2) is 5.78 Å². The fraction of sp³-hybridized carbons (Fsp3) is 0.842. The van der Waals surface area contributed by atoms with Crippen molar-refractivity contribution in [2.24, 2.45) is 22.2 Å². The van der Waals surface area contributed by atoms with Crippen molar-refractivity contribution >= 4 is 5.78 Å². The second-order valence-corrected chi connectivity index (χ2v) is 9.20. The van der Waals surface area contributed by atoms with Crippen LogP contribution in [0, 0.1) is 22.2 Å². The van der Waals surface area contributed by atoms with Gasteiger partial charge >= 0.3 is 0 Å². The van der Waals surface area contributed by atoms with Gasteiger partial charge in [-0.2, -0.15) is 0 Å². The molecule has 0 bridgehead atoms. The number of Topliss-reactive ketones (excluding diaryl/α,β-unsaturated/α-hetero) is 1. The summed E-state index contributed by atoms with van der Waals surface area (Å²) in [6.45, 7) is 6.40. The summed E-state index contributed by atoms with van der Waals surface area (Å²) in [5, 5.41) is 33.2. The van der Waals surface area contributed by atoms with Crippen molar-refractivity contribution in [2.45, 2.75) is 70.4 Å². The van der Waals surface area contributed by atoms with Crippen molar-refractivity contribution in [3.8, 4) is 0 Å². The number of allylic oxidation sites excluding steroid dienone is 1. The molecule has 3 saturated carbocycles. The number of carbonyl (C=O) groups excluding carboxylic acids is 1. The molecule has 1 saturated heterocycles. The van der Waals surface area contributed by atoms with E-state index in [0.717, 1.165) is 11.1 Å². The maximum absolute atomic E-state index is 13.3. The third kappa shape index (κ3) is 1.14. The highest BCUT2D eigenvalue weighted by Crippen LogP contribution is 2.83. The van der Waals surface area contributed by atoms with Crippen LogP contribution in [0.3, 0.4) is 0 Å². The van der Waals surface area contributed by atoms with Crippen molar-refractivity contribution in [1.82, 2.24) is 0 Å². The van der Waals surface area contributed by atoms with Crippen LogP contribution in [0.1, 0.15) is 46.5 Å². The fourth-order valence-corrected chi connectivity index (χ4v) is 7.58. The molecule has 24 heavy (non-hydrogen) atoms. The zero-order chi connectivity index (χ0) is 17.3. The van der Waals surface area contributed by atoms with E-state index < -0.39 is 34.1 Å². The van der Waals surface area contributed by atoms with Crippen molar-refractivity contribution in [2.75, 3.05) is 6.61 Å². The predicted molar refractivity (Wildman–Crippen MR) is 85.0 cm³/mol. The average Bonchev–Trinajstić information content (AvgIpc) is 2.50. The Kier molecular flexibility index (Phi) is 2.57. The summed E-state index contributed by atoms with van der Waals surface area (Å²) in [4.78, 5) is 13.3. The van der Waals surface area contributed by atoms with Crippen molar-refractivity contribution in [3.05, 3.63) is 11.1 Å². The van der Waals surface area contributed by atoms with Crippen LogP contribution in [0.2, 0.25) is 0 Å². The number of ketones is 1. The van der Waals surface area contributed by atoms with Gasteiger partial charge in [0, 0.05) is 23.2 Å². The topological polar surface area (TPSA) is 87.0 Å². The monoisotopic (exact) mass is 334 g/mol. The zero-order valence-electron chi connectivity index (χ0n) is 14.5. The highest BCUT2D eigenvalue weighted by atomic mass is 16.5. The molecule has 5 heteroatoms. The molecule has 1 spiro atoms. The Hall–Kier alpha value is -0.750. The van der Waals surface area contributed by atoms with Crippen LogP contribution >= 0.6 is 0 Å². The lowest BCUT2D eigenvalue weighted by atomic mass is 9.22. The molecule has 0 aromatic rings. The SMILES string of the molecule is CC1=C2[C@@H](O)C(=O)[C@]3(C)[C@@H](O)C[C@H]4OC[C@H]4C34C[C@](O)(CC1)[C@]24C. The number of rotatable bonds is 0. The van der Waals surface area contributed by atoms with Crippen molar-refractivity contribution in [3.63, 3.8) is 0 Å². The average molecular weight is 334 g/mol. The van der Waals surface area contributed by atoms with E-state index in [2.05, 4.69) is 0 Å². The number of fused-ring (bicyclic) bond motifs is 1. The van der Waals surface area contributed by atoms with Crippen LogP contribution in [0.15, 0.2) is 11.1 Å². The van der Waals surface area contributed by atoms with Gasteiger partial charge in [0.2, 0.25) is 0 Å². The van der Waals surface area contributed by atoms with Crippen LogP contribution in [0.4, 0.5) is 0 Å². The lowest BCUT2D eigenvalue weighted by Gasteiger charge is -2.82. The van der Waals surface area contributed by atoms with Crippen LogP contribution in [-0.4, -0.2) is 51.6 Å². The maximum atomic E-state index is 13.3. The van der Waals surface area contributed by atoms with Crippen LogP contribution in [0.5, 0.6) is 0 Å². The van der Waals surface area contributed by atoms with Gasteiger partial charge < -0.3 is 20.1 Å². The molecule has 0 amide bonds. The molecule has 1 heterocycles. The molecule has 132 valence electrons. The van der Waals surface area contributed by atoms with E-state index in [4.69, 9.17) is 4.74 Å². The zero-order valence-corrected chi connectivity index (χ0v) is 14.5. The molecule has 1 aliphatic heterocycles. The fourth-order valence-electron chi connectivity index (χ4n) is 7.58. The van der Waals surface area contributed by atoms with E-state index in [1.165, 1.54) is 0 Å². The second kappa shape index (κ2) is 3.98. The smallest absolute Gasteiger partial charge is 0.174 e. The van der Waals surface area contributed by atoms with Gasteiger partial charge in [0.1, 0.15) is 6.10 Å². The van der Waals surface area contributed by atoms with Gasteiger partial charge in [-0.25, -0.2) is 0 Å². The Labute approximate surface area is 141 Å². The first-order valence-corrected chi connectivity index (χ1v) is 9.10. The summed E-state index contributed by atoms with van der Waals surface area (Å²) in [7, 11) is 0. The lowest BCUT2D eigenvalue weighted by Crippen LogP contribution is -2.87. The molecule has 0 radical (unpaired) electrons. The third-order valence-corrected chi connectivity index (χ3v) is 8.96. The summed E-state index contributed by atoms with van der Waals surface area (Å²) >= 11 is 0. The molecule has 5 rings (SSSR count). The van der Waals surface area contributed by atoms with E-state index in [1.807, 2.05) is 20.8 Å². The van der Waals surface area contributed by atoms with E-state index in [0.29, 0.717) is 32.3 Å². The van der Waals surface area contributed by atoms with Gasteiger partial charge in [0.05, 0.1) is 29.8 Å². The summed E-state index contributed by atoms with van der Waals surface area (Å²) in [5.74, 6) is -0.107. The Morgan fingerprint density at radius 1 is 1.25 bits per heavy atom. The first kappa shape index (κ1) is 15.5. The molecule has 8 atom stereocenters. The normalized spacial score (nSPS) is 61.3. The van der Waals surface area contributed by atoms with Gasteiger partial charge in [-0.15, -0.1) is 0 Å². The Bertz CT molecular complexity index is 700. The van der Waals surface area contributed by atoms with Crippen LogP contribution < -0.4 is 0 Å². The van der Waals surface area contributed by atoms with Gasteiger partial charge in [-0.3, -0.25) is 4.79 Å². The number of ether oxygens (including phenoxy) is 1. The molecule has 0 aromatic carbocycles. The van der Waals surface area contributed by atoms with Crippen LogP contribution in [-0.2, 0) is 9.53 Å². The lowest BCUT2D eigenvalue weighted by molar-refractivity contribution is -0.385. The second-order valence-electron chi connectivity index (χ2n) is 9.20. The highest BCUT2D eigenvalue weighted by Gasteiger charge is 2.87. The minimum Gasteiger partial charge on any atom is -0.392 e. The molecule has 0 aromatic heterocycles. The number of hydrogen-bond donors (Lipinski definition) is 3. The Balaban J connectivity index is 1.83. The Morgan fingerprint density at radius 2 is 1.96 bits per heavy atom. The van der Waals surface area contributed by atoms with Crippen molar-refractivity contribution in [1.29, 1.82) is 0 Å². The molecule has 5 nitrogen and oxygen atoms in total. The molecule has 1 unspecified atom stereocenters. The highest BCUT2D eigenvalue weighted by molar-refractivity contribution is 5.96. The quantitative estimate of drug-likeness (QED) is 0.574. The molecule has 3 N–H and O–H groups in total. The minimum atomic E-state index is -1.22. The number of carbonyl (C=O) groups is 1. The van der Waals surface area contributed by atoms with Gasteiger partial charge in [-0.1, -0.05) is 12.5 Å². The summed E-state index contributed by atoms with van der Waals surface area (Å²) < 4.78 is 5.70. The number of aliphatic hydroxyl groups is 3. The minimum absolute atomic E-state index is 0.0408. The van der Waals surface area contributed by atoms with Gasteiger partial charge in [0.25, 0.3) is 0 Å². The molecular formula is C19H26O5. The summed E-state index contributed by atoms with van der Waals surface area (Å²) in [6.07, 6.45) is 0.231. The largest absolute Gasteiger partial charge is 0.392 e. The van der Waals surface area contributed by atoms with E-state index >= 15 is 0 Å². The molecule has 4 aliphatic carbocycles. The first-order valence-electron chi connectivity index (χ1n) is 9.10. The van der Waals surface area contributed by atoms with Crippen LogP contribution in [0.25, 0.3) is 0 Å². The summed E-state index contributed by atoms with van der Waals surface area (Å²) in [5.41, 5.74) is -1.37. The van der Waals surface area contributed by atoms with E-state index in [-0.39, 0.29) is 17.8 Å². The molecular weight excluding hydrogens is 308 g/mol. The standard InChI is InChI=1S/C19H26O5/c1-9-4-5-18(23)8-19-10-7-24-11(10)6-12(20)16(19,2)15(22)14(21)13(9)17(18,19)3/h10-12,14,20-21,23H,4-8H2,1-3H3/t10-,11-,12+,14-,16+,17+,18-,19?/m1/s1. The molecule has 5 aliphatic rings.